The van der Waals surface area contributed by atoms with Crippen LogP contribution in [0.5, 0.6) is 5.75 Å². The number of benzene rings is 2. The molecule has 1 amide bonds. The smallest absolute Gasteiger partial charge is 0.234 e. The van der Waals surface area contributed by atoms with E-state index in [1.165, 1.54) is 29.5 Å². The Morgan fingerprint density at radius 3 is 2.57 bits per heavy atom. The summed E-state index contributed by atoms with van der Waals surface area (Å²) < 4.78 is 21.6. The van der Waals surface area contributed by atoms with E-state index < -0.39 is 5.82 Å². The summed E-state index contributed by atoms with van der Waals surface area (Å²) in [5.41, 5.74) is 1.41. The van der Waals surface area contributed by atoms with Gasteiger partial charge in [0.05, 0.1) is 11.4 Å². The summed E-state index contributed by atoms with van der Waals surface area (Å²) >= 11 is 1.25. The summed E-state index contributed by atoms with van der Waals surface area (Å²) in [5.74, 6) is 0.781. The van der Waals surface area contributed by atoms with E-state index in [4.69, 9.17) is 4.74 Å². The maximum Gasteiger partial charge on any atom is 0.234 e. The number of aryl methyl sites for hydroxylation is 1. The van der Waals surface area contributed by atoms with Gasteiger partial charge in [-0.05, 0) is 50.1 Å². The number of rotatable bonds is 9. The second-order valence-electron chi connectivity index (χ2n) is 6.66. The van der Waals surface area contributed by atoms with E-state index in [9.17, 15) is 9.18 Å². The van der Waals surface area contributed by atoms with Crippen LogP contribution in [0.3, 0.4) is 0 Å². The molecule has 6 nitrogen and oxygen atoms in total. The Morgan fingerprint density at radius 2 is 1.90 bits per heavy atom. The standard InChI is InChI=1S/C22H25FN4O2S/c1-4-16-10-12-17(13-11-16)29-15(3)21-25-26-22(27(21)5-2)30-14-20(28)24-19-9-7-6-8-18(19)23/h6-13,15H,4-5,14H2,1-3H3,(H,24,28)/t15-/m0/s1. The van der Waals surface area contributed by atoms with Crippen molar-refractivity contribution in [3.63, 3.8) is 0 Å². The van der Waals surface area contributed by atoms with Crippen molar-refractivity contribution < 1.29 is 13.9 Å². The fraction of sp³-hybridized carbons (Fsp3) is 0.318. The van der Waals surface area contributed by atoms with E-state index in [0.29, 0.717) is 17.5 Å². The summed E-state index contributed by atoms with van der Waals surface area (Å²) in [5, 5.41) is 11.7. The Labute approximate surface area is 179 Å². The maximum absolute atomic E-state index is 13.7. The van der Waals surface area contributed by atoms with Crippen LogP contribution in [-0.4, -0.2) is 26.4 Å². The largest absolute Gasteiger partial charge is 0.483 e. The zero-order valence-electron chi connectivity index (χ0n) is 17.3. The van der Waals surface area contributed by atoms with E-state index in [1.54, 1.807) is 12.1 Å². The molecule has 0 spiro atoms. The molecule has 0 aliphatic heterocycles. The minimum atomic E-state index is -0.465. The highest BCUT2D eigenvalue weighted by atomic mass is 32.2. The van der Waals surface area contributed by atoms with E-state index in [-0.39, 0.29) is 23.5 Å². The van der Waals surface area contributed by atoms with Crippen LogP contribution in [0.1, 0.15) is 38.3 Å². The minimum absolute atomic E-state index is 0.0974. The summed E-state index contributed by atoms with van der Waals surface area (Å²) in [4.78, 5) is 12.2. The number of nitrogens with one attached hydrogen (secondary N) is 1. The summed E-state index contributed by atoms with van der Waals surface area (Å²) in [6.07, 6.45) is 0.678. The van der Waals surface area contributed by atoms with Gasteiger partial charge in [0.15, 0.2) is 17.1 Å². The highest BCUT2D eigenvalue weighted by Gasteiger charge is 2.19. The van der Waals surface area contributed by atoms with E-state index in [0.717, 1.165) is 12.2 Å². The molecule has 0 unspecified atom stereocenters. The number of hydrogen-bond donors (Lipinski definition) is 1. The fourth-order valence-corrected chi connectivity index (χ4v) is 3.75. The molecule has 0 aliphatic rings. The van der Waals surface area contributed by atoms with Crippen LogP contribution < -0.4 is 10.1 Å². The van der Waals surface area contributed by atoms with Crippen LogP contribution >= 0.6 is 11.8 Å². The Balaban J connectivity index is 1.62. The van der Waals surface area contributed by atoms with Gasteiger partial charge in [-0.3, -0.25) is 4.79 Å². The third-order valence-corrected chi connectivity index (χ3v) is 5.52. The van der Waals surface area contributed by atoms with Crippen LogP contribution in [0.25, 0.3) is 0 Å². The Hall–Kier alpha value is -2.87. The summed E-state index contributed by atoms with van der Waals surface area (Å²) in [7, 11) is 0. The first kappa shape index (κ1) is 21.8. The second-order valence-corrected chi connectivity index (χ2v) is 7.60. The molecular weight excluding hydrogens is 403 g/mol. The third-order valence-electron chi connectivity index (χ3n) is 4.55. The second kappa shape index (κ2) is 10.2. The molecule has 3 aromatic rings. The highest BCUT2D eigenvalue weighted by molar-refractivity contribution is 7.99. The Kier molecular flexibility index (Phi) is 7.46. The lowest BCUT2D eigenvalue weighted by atomic mass is 10.2. The number of para-hydroxylation sites is 1. The first-order valence-corrected chi connectivity index (χ1v) is 10.9. The highest BCUT2D eigenvalue weighted by Crippen LogP contribution is 2.25. The van der Waals surface area contributed by atoms with Crippen molar-refractivity contribution in [1.29, 1.82) is 0 Å². The van der Waals surface area contributed by atoms with Gasteiger partial charge >= 0.3 is 0 Å². The monoisotopic (exact) mass is 428 g/mol. The van der Waals surface area contributed by atoms with Crippen LogP contribution in [0.4, 0.5) is 10.1 Å². The summed E-state index contributed by atoms with van der Waals surface area (Å²) in [6, 6.07) is 14.1. The molecule has 1 heterocycles. The van der Waals surface area contributed by atoms with Crippen molar-refractivity contribution in [2.75, 3.05) is 11.1 Å². The molecule has 0 saturated heterocycles. The number of carbonyl (C=O) groups is 1. The van der Waals surface area contributed by atoms with Gasteiger partial charge in [0, 0.05) is 6.54 Å². The minimum Gasteiger partial charge on any atom is -0.483 e. The maximum atomic E-state index is 13.7. The molecule has 1 atom stereocenters. The molecule has 0 radical (unpaired) electrons. The molecule has 158 valence electrons. The first-order chi connectivity index (χ1) is 14.5. The zero-order chi connectivity index (χ0) is 21.5. The van der Waals surface area contributed by atoms with E-state index in [1.807, 2.05) is 42.7 Å². The van der Waals surface area contributed by atoms with Gasteiger partial charge in [0.1, 0.15) is 11.6 Å². The molecular formula is C22H25FN4O2S. The molecule has 0 saturated carbocycles. The lowest BCUT2D eigenvalue weighted by molar-refractivity contribution is -0.113. The number of hydrogen-bond acceptors (Lipinski definition) is 5. The fourth-order valence-electron chi connectivity index (χ4n) is 2.94. The number of anilines is 1. The van der Waals surface area contributed by atoms with Crippen molar-refractivity contribution in [2.45, 2.75) is 45.0 Å². The molecule has 1 N–H and O–H groups in total. The number of halogens is 1. The molecule has 0 bridgehead atoms. The SMILES string of the molecule is CCc1ccc(O[C@@H](C)c2nnc(SCC(=O)Nc3ccccc3F)n2CC)cc1. The van der Waals surface area contributed by atoms with Crippen LogP contribution in [-0.2, 0) is 17.8 Å². The number of ether oxygens (including phenoxy) is 1. The number of amides is 1. The quantitative estimate of drug-likeness (QED) is 0.493. The number of nitrogens with zero attached hydrogens (tertiary/aromatic N) is 3. The molecule has 1 aromatic heterocycles. The van der Waals surface area contributed by atoms with Crippen LogP contribution in [0, 0.1) is 5.82 Å². The topological polar surface area (TPSA) is 69.0 Å². The predicted octanol–water partition coefficient (Wildman–Crippen LogP) is 4.87. The molecule has 30 heavy (non-hydrogen) atoms. The predicted molar refractivity (Wildman–Crippen MR) is 116 cm³/mol. The van der Waals surface area contributed by atoms with Gasteiger partial charge in [-0.2, -0.15) is 0 Å². The normalized spacial score (nSPS) is 11.9. The molecule has 0 fully saturated rings. The van der Waals surface area contributed by atoms with Gasteiger partial charge < -0.3 is 14.6 Å². The van der Waals surface area contributed by atoms with Gasteiger partial charge in [0.2, 0.25) is 5.91 Å². The summed E-state index contributed by atoms with van der Waals surface area (Å²) in [6.45, 7) is 6.66. The average molecular weight is 429 g/mol. The lowest BCUT2D eigenvalue weighted by Gasteiger charge is -2.16. The van der Waals surface area contributed by atoms with Crippen molar-refractivity contribution in [3.05, 3.63) is 65.7 Å². The van der Waals surface area contributed by atoms with Crippen molar-refractivity contribution >= 4 is 23.4 Å². The van der Waals surface area contributed by atoms with Crippen molar-refractivity contribution in [2.24, 2.45) is 0 Å². The molecule has 3 rings (SSSR count). The van der Waals surface area contributed by atoms with Gasteiger partial charge in [-0.25, -0.2) is 4.39 Å². The first-order valence-electron chi connectivity index (χ1n) is 9.87. The van der Waals surface area contributed by atoms with Crippen LogP contribution in [0.15, 0.2) is 53.7 Å². The van der Waals surface area contributed by atoms with Gasteiger partial charge in [-0.1, -0.05) is 43.0 Å². The van der Waals surface area contributed by atoms with Crippen LogP contribution in [0.2, 0.25) is 0 Å². The Bertz CT molecular complexity index is 991. The van der Waals surface area contributed by atoms with E-state index in [2.05, 4.69) is 22.4 Å². The van der Waals surface area contributed by atoms with Gasteiger partial charge in [-0.15, -0.1) is 10.2 Å². The zero-order valence-corrected chi connectivity index (χ0v) is 18.1. The molecule has 0 aliphatic carbocycles. The molecule has 2 aromatic carbocycles. The average Bonchev–Trinajstić information content (AvgIpc) is 3.17. The molecule has 8 heteroatoms. The van der Waals surface area contributed by atoms with E-state index >= 15 is 0 Å². The Morgan fingerprint density at radius 1 is 1.17 bits per heavy atom. The number of carbonyl (C=O) groups excluding carboxylic acids is 1. The van der Waals surface area contributed by atoms with Crippen molar-refractivity contribution in [3.8, 4) is 5.75 Å². The number of thioether (sulfide) groups is 1. The lowest BCUT2D eigenvalue weighted by Crippen LogP contribution is -2.16. The van der Waals surface area contributed by atoms with Crippen molar-refractivity contribution in [1.82, 2.24) is 14.8 Å². The third kappa shape index (κ3) is 5.38. The van der Waals surface area contributed by atoms with Gasteiger partial charge in [0.25, 0.3) is 0 Å². The number of aromatic nitrogens is 3.